The molecule has 1 aliphatic heterocycles. The van der Waals surface area contributed by atoms with Crippen LogP contribution in [-0.4, -0.2) is 50.2 Å². The predicted molar refractivity (Wildman–Crippen MR) is 98.9 cm³/mol. The fourth-order valence-electron chi connectivity index (χ4n) is 3.13. The number of hydrogen-bond donors (Lipinski definition) is 2. The average Bonchev–Trinajstić information content (AvgIpc) is 2.61. The minimum absolute atomic E-state index is 0.225. The number of carbonyl (C=O) groups is 2. The first-order valence-electron chi connectivity index (χ1n) is 9.04. The molecular formula is C19H29N3O3. The number of methoxy groups -OCH3 is 1. The van der Waals surface area contributed by atoms with Gasteiger partial charge in [-0.05, 0) is 69.0 Å². The van der Waals surface area contributed by atoms with Gasteiger partial charge in [0.2, 0.25) is 0 Å². The largest absolute Gasteiger partial charge is 0.465 e. The number of piperidine rings is 1. The van der Waals surface area contributed by atoms with Gasteiger partial charge < -0.3 is 20.3 Å². The number of esters is 1. The first kappa shape index (κ1) is 19.2. The lowest BCUT2D eigenvalue weighted by molar-refractivity contribution is 0.0600. The lowest BCUT2D eigenvalue weighted by Gasteiger charge is -2.30. The number of anilines is 1. The van der Waals surface area contributed by atoms with Gasteiger partial charge in [-0.3, -0.25) is 0 Å². The van der Waals surface area contributed by atoms with Crippen molar-refractivity contribution in [2.45, 2.75) is 32.6 Å². The molecule has 25 heavy (non-hydrogen) atoms. The zero-order valence-electron chi connectivity index (χ0n) is 15.2. The monoisotopic (exact) mass is 347 g/mol. The van der Waals surface area contributed by atoms with Crippen molar-refractivity contribution >= 4 is 17.7 Å². The Hall–Kier alpha value is -2.08. The Labute approximate surface area is 149 Å². The summed E-state index contributed by atoms with van der Waals surface area (Å²) in [4.78, 5) is 25.8. The number of benzene rings is 1. The maximum atomic E-state index is 11.9. The highest BCUT2D eigenvalue weighted by Gasteiger charge is 2.15. The summed E-state index contributed by atoms with van der Waals surface area (Å²) < 4.78 is 4.64. The Kier molecular flexibility index (Phi) is 7.73. The van der Waals surface area contributed by atoms with Crippen LogP contribution in [0, 0.1) is 5.92 Å². The highest BCUT2D eigenvalue weighted by molar-refractivity contribution is 5.92. The SMILES string of the molecule is COC(=O)c1ccc(NC(=O)NCCCCN2CCCC(C)C2)cc1. The van der Waals surface area contributed by atoms with Crippen molar-refractivity contribution in [1.82, 2.24) is 10.2 Å². The zero-order valence-corrected chi connectivity index (χ0v) is 15.2. The molecule has 1 aromatic carbocycles. The number of ether oxygens (including phenoxy) is 1. The van der Waals surface area contributed by atoms with E-state index < -0.39 is 0 Å². The van der Waals surface area contributed by atoms with E-state index in [1.54, 1.807) is 24.3 Å². The van der Waals surface area contributed by atoms with Gasteiger partial charge in [0.25, 0.3) is 0 Å². The van der Waals surface area contributed by atoms with Crippen LogP contribution < -0.4 is 10.6 Å². The molecule has 1 fully saturated rings. The highest BCUT2D eigenvalue weighted by Crippen LogP contribution is 2.15. The standard InChI is InChI=1S/C19H29N3O3/c1-15-6-5-13-22(14-15)12-4-3-11-20-19(24)21-17-9-7-16(8-10-17)18(23)25-2/h7-10,15H,3-6,11-14H2,1-2H3,(H2,20,21,24). The molecule has 1 aromatic rings. The number of nitrogens with zero attached hydrogens (tertiary/aromatic N) is 1. The summed E-state index contributed by atoms with van der Waals surface area (Å²) in [7, 11) is 1.34. The lowest BCUT2D eigenvalue weighted by atomic mass is 10.0. The molecule has 0 radical (unpaired) electrons. The number of nitrogens with one attached hydrogen (secondary N) is 2. The normalized spacial score (nSPS) is 17.8. The molecule has 0 aromatic heterocycles. The molecular weight excluding hydrogens is 318 g/mol. The number of unbranched alkanes of at least 4 members (excludes halogenated alkanes) is 1. The van der Waals surface area contributed by atoms with Gasteiger partial charge in [0, 0.05) is 18.8 Å². The third-order valence-corrected chi connectivity index (χ3v) is 4.49. The fourth-order valence-corrected chi connectivity index (χ4v) is 3.13. The van der Waals surface area contributed by atoms with Gasteiger partial charge in [0.15, 0.2) is 0 Å². The quantitative estimate of drug-likeness (QED) is 0.587. The van der Waals surface area contributed by atoms with E-state index in [0.29, 0.717) is 17.8 Å². The maximum Gasteiger partial charge on any atom is 0.337 e. The predicted octanol–water partition coefficient (Wildman–Crippen LogP) is 3.11. The Balaban J connectivity index is 1.60. The summed E-state index contributed by atoms with van der Waals surface area (Å²) in [5.74, 6) is 0.419. The summed E-state index contributed by atoms with van der Waals surface area (Å²) in [6.45, 7) is 6.50. The molecule has 1 atom stereocenters. The summed E-state index contributed by atoms with van der Waals surface area (Å²) in [5.41, 5.74) is 1.10. The van der Waals surface area contributed by atoms with Crippen molar-refractivity contribution in [3.8, 4) is 0 Å². The van der Waals surface area contributed by atoms with Crippen molar-refractivity contribution in [3.05, 3.63) is 29.8 Å². The van der Waals surface area contributed by atoms with E-state index in [9.17, 15) is 9.59 Å². The van der Waals surface area contributed by atoms with Crippen LogP contribution in [0.3, 0.4) is 0 Å². The Morgan fingerprint density at radius 2 is 2.00 bits per heavy atom. The van der Waals surface area contributed by atoms with Gasteiger partial charge in [-0.1, -0.05) is 6.92 Å². The van der Waals surface area contributed by atoms with Crippen LogP contribution in [0.4, 0.5) is 10.5 Å². The van der Waals surface area contributed by atoms with E-state index in [4.69, 9.17) is 0 Å². The number of rotatable bonds is 7. The van der Waals surface area contributed by atoms with Crippen molar-refractivity contribution in [2.75, 3.05) is 38.6 Å². The van der Waals surface area contributed by atoms with E-state index in [0.717, 1.165) is 25.3 Å². The zero-order chi connectivity index (χ0) is 18.1. The summed E-state index contributed by atoms with van der Waals surface area (Å²) in [6, 6.07) is 6.40. The van der Waals surface area contributed by atoms with Gasteiger partial charge in [-0.25, -0.2) is 9.59 Å². The van der Waals surface area contributed by atoms with Crippen molar-refractivity contribution in [2.24, 2.45) is 5.92 Å². The van der Waals surface area contributed by atoms with Gasteiger partial charge in [0.05, 0.1) is 12.7 Å². The molecule has 2 N–H and O–H groups in total. The smallest absolute Gasteiger partial charge is 0.337 e. The molecule has 6 nitrogen and oxygen atoms in total. The second-order valence-electron chi connectivity index (χ2n) is 6.70. The van der Waals surface area contributed by atoms with Crippen LogP contribution in [0.1, 0.15) is 43.0 Å². The topological polar surface area (TPSA) is 70.7 Å². The number of amides is 2. The molecule has 0 aliphatic carbocycles. The maximum absolute atomic E-state index is 11.9. The average molecular weight is 347 g/mol. The lowest BCUT2D eigenvalue weighted by Crippen LogP contribution is -2.35. The minimum Gasteiger partial charge on any atom is -0.465 e. The molecule has 2 amide bonds. The van der Waals surface area contributed by atoms with Crippen LogP contribution >= 0.6 is 0 Å². The number of hydrogen-bond acceptors (Lipinski definition) is 4. The molecule has 0 spiro atoms. The van der Waals surface area contributed by atoms with Gasteiger partial charge >= 0.3 is 12.0 Å². The van der Waals surface area contributed by atoms with Crippen molar-refractivity contribution in [1.29, 1.82) is 0 Å². The molecule has 0 saturated carbocycles. The van der Waals surface area contributed by atoms with Crippen molar-refractivity contribution < 1.29 is 14.3 Å². The highest BCUT2D eigenvalue weighted by atomic mass is 16.5. The van der Waals surface area contributed by atoms with Gasteiger partial charge in [0.1, 0.15) is 0 Å². The van der Waals surface area contributed by atoms with Crippen molar-refractivity contribution in [3.63, 3.8) is 0 Å². The fraction of sp³-hybridized carbons (Fsp3) is 0.579. The Morgan fingerprint density at radius 1 is 1.24 bits per heavy atom. The van der Waals surface area contributed by atoms with E-state index in [1.807, 2.05) is 0 Å². The molecule has 1 unspecified atom stereocenters. The van der Waals surface area contributed by atoms with E-state index in [1.165, 1.54) is 33.0 Å². The molecule has 1 saturated heterocycles. The van der Waals surface area contributed by atoms with Crippen LogP contribution in [0.15, 0.2) is 24.3 Å². The molecule has 0 bridgehead atoms. The summed E-state index contributed by atoms with van der Waals surface area (Å²) in [6.07, 6.45) is 4.72. The molecule has 1 aliphatic rings. The Morgan fingerprint density at radius 3 is 2.68 bits per heavy atom. The molecule has 6 heteroatoms. The van der Waals surface area contributed by atoms with E-state index in [2.05, 4.69) is 27.2 Å². The van der Waals surface area contributed by atoms with Crippen LogP contribution in [-0.2, 0) is 4.74 Å². The molecule has 1 heterocycles. The third-order valence-electron chi connectivity index (χ3n) is 4.49. The first-order chi connectivity index (χ1) is 12.1. The Bertz CT molecular complexity index is 560. The summed E-state index contributed by atoms with van der Waals surface area (Å²) in [5, 5.41) is 5.63. The van der Waals surface area contributed by atoms with Crippen LogP contribution in [0.5, 0.6) is 0 Å². The van der Waals surface area contributed by atoms with Gasteiger partial charge in [-0.15, -0.1) is 0 Å². The second kappa shape index (κ2) is 10.0. The van der Waals surface area contributed by atoms with Gasteiger partial charge in [-0.2, -0.15) is 0 Å². The number of carbonyl (C=O) groups excluding carboxylic acids is 2. The second-order valence-corrected chi connectivity index (χ2v) is 6.70. The van der Waals surface area contributed by atoms with E-state index in [-0.39, 0.29) is 12.0 Å². The molecule has 138 valence electrons. The van der Waals surface area contributed by atoms with Crippen LogP contribution in [0.2, 0.25) is 0 Å². The number of likely N-dealkylation sites (tertiary alicyclic amines) is 1. The molecule has 2 rings (SSSR count). The summed E-state index contributed by atoms with van der Waals surface area (Å²) >= 11 is 0. The van der Waals surface area contributed by atoms with E-state index >= 15 is 0 Å². The minimum atomic E-state index is -0.390. The van der Waals surface area contributed by atoms with Crippen LogP contribution in [0.25, 0.3) is 0 Å². The third kappa shape index (κ3) is 6.74. The number of urea groups is 1. The first-order valence-corrected chi connectivity index (χ1v) is 9.04.